The summed E-state index contributed by atoms with van der Waals surface area (Å²) in [5.74, 6) is 0.345. The summed E-state index contributed by atoms with van der Waals surface area (Å²) in [6.45, 7) is 1.95. The summed E-state index contributed by atoms with van der Waals surface area (Å²) in [6.07, 6.45) is 0.719. The Morgan fingerprint density at radius 2 is 2.25 bits per heavy atom. The first-order valence-corrected chi connectivity index (χ1v) is 5.00. The third kappa shape index (κ3) is 1.52. The van der Waals surface area contributed by atoms with Crippen LogP contribution >= 0.6 is 0 Å². The fraction of sp³-hybridized carbons (Fsp3) is 0.250. The molecule has 4 nitrogen and oxygen atoms in total. The molecule has 0 fully saturated rings. The van der Waals surface area contributed by atoms with Crippen molar-refractivity contribution in [1.82, 2.24) is 0 Å². The third-order valence-electron chi connectivity index (χ3n) is 2.50. The summed E-state index contributed by atoms with van der Waals surface area (Å²) >= 11 is 0. The average molecular weight is 220 g/mol. The molecule has 1 N–H and O–H groups in total. The number of carboxylic acids is 1. The molecular formula is C12H12O4. The summed E-state index contributed by atoms with van der Waals surface area (Å²) < 4.78 is 10.7. The van der Waals surface area contributed by atoms with Gasteiger partial charge in [0.25, 0.3) is 0 Å². The molecule has 4 heteroatoms. The molecule has 0 spiro atoms. The van der Waals surface area contributed by atoms with Gasteiger partial charge in [0.1, 0.15) is 5.76 Å². The summed E-state index contributed by atoms with van der Waals surface area (Å²) in [5, 5.41) is 9.63. The lowest BCUT2D eigenvalue weighted by Crippen LogP contribution is -1.97. The first-order valence-electron chi connectivity index (χ1n) is 5.00. The molecule has 1 heterocycles. The zero-order valence-electron chi connectivity index (χ0n) is 9.11. The summed E-state index contributed by atoms with van der Waals surface area (Å²) in [6, 6.07) is 4.88. The van der Waals surface area contributed by atoms with Crippen LogP contribution < -0.4 is 4.74 Å². The van der Waals surface area contributed by atoms with Crippen LogP contribution in [0.4, 0.5) is 0 Å². The van der Waals surface area contributed by atoms with E-state index in [1.807, 2.05) is 6.92 Å². The molecule has 0 atom stereocenters. The van der Waals surface area contributed by atoms with Gasteiger partial charge in [-0.3, -0.25) is 0 Å². The van der Waals surface area contributed by atoms with Gasteiger partial charge >= 0.3 is 5.97 Å². The maximum absolute atomic E-state index is 11.0. The molecule has 0 saturated heterocycles. The summed E-state index contributed by atoms with van der Waals surface area (Å²) in [5.41, 5.74) is 0.735. The number of furan rings is 1. The number of hydrogen-bond acceptors (Lipinski definition) is 3. The Morgan fingerprint density at radius 1 is 1.50 bits per heavy atom. The van der Waals surface area contributed by atoms with E-state index in [4.69, 9.17) is 14.3 Å². The molecule has 0 aliphatic rings. The molecular weight excluding hydrogens is 208 g/mol. The average Bonchev–Trinajstić information content (AvgIpc) is 2.70. The Bertz CT molecular complexity index is 539. The third-order valence-corrected chi connectivity index (χ3v) is 2.50. The molecule has 0 unspecified atom stereocenters. The quantitative estimate of drug-likeness (QED) is 0.863. The van der Waals surface area contributed by atoms with Crippen molar-refractivity contribution in [1.29, 1.82) is 0 Å². The first-order chi connectivity index (χ1) is 7.67. The molecule has 0 saturated carbocycles. The van der Waals surface area contributed by atoms with Crippen molar-refractivity contribution in [2.45, 2.75) is 13.3 Å². The van der Waals surface area contributed by atoms with E-state index < -0.39 is 5.97 Å². The second-order valence-corrected chi connectivity index (χ2v) is 3.43. The lowest BCUT2D eigenvalue weighted by Gasteiger charge is -2.02. The van der Waals surface area contributed by atoms with Crippen molar-refractivity contribution in [2.75, 3.05) is 7.11 Å². The smallest absolute Gasteiger partial charge is 0.336 e. The minimum absolute atomic E-state index is 0.235. The highest BCUT2D eigenvalue weighted by Crippen LogP contribution is 2.31. The number of aryl methyl sites for hydroxylation is 1. The molecule has 16 heavy (non-hydrogen) atoms. The highest BCUT2D eigenvalue weighted by atomic mass is 16.5. The highest BCUT2D eigenvalue weighted by molar-refractivity contribution is 6.04. The Labute approximate surface area is 92.4 Å². The van der Waals surface area contributed by atoms with E-state index in [9.17, 15) is 4.79 Å². The lowest BCUT2D eigenvalue weighted by atomic mass is 10.1. The Morgan fingerprint density at radius 3 is 2.81 bits per heavy atom. The Kier molecular flexibility index (Phi) is 2.56. The normalized spacial score (nSPS) is 10.6. The van der Waals surface area contributed by atoms with Crippen LogP contribution in [0, 0.1) is 0 Å². The van der Waals surface area contributed by atoms with Crippen LogP contribution in [0.1, 0.15) is 23.0 Å². The molecule has 2 aromatic rings. The zero-order chi connectivity index (χ0) is 11.7. The van der Waals surface area contributed by atoms with Crippen molar-refractivity contribution in [2.24, 2.45) is 0 Å². The molecule has 2 rings (SSSR count). The lowest BCUT2D eigenvalue weighted by molar-refractivity contribution is 0.0699. The molecule has 0 amide bonds. The van der Waals surface area contributed by atoms with E-state index in [1.54, 1.807) is 12.1 Å². The standard InChI is InChI=1S/C12H12O4/c1-3-7-6-9-8(12(13)14)4-5-10(15-2)11(9)16-7/h4-6H,3H2,1-2H3,(H,13,14). The van der Waals surface area contributed by atoms with Crippen molar-refractivity contribution in [3.63, 3.8) is 0 Å². The van der Waals surface area contributed by atoms with Gasteiger partial charge in [0.15, 0.2) is 11.3 Å². The van der Waals surface area contributed by atoms with Crippen LogP contribution in [0.25, 0.3) is 11.0 Å². The maximum Gasteiger partial charge on any atom is 0.336 e. The van der Waals surface area contributed by atoms with E-state index >= 15 is 0 Å². The van der Waals surface area contributed by atoms with Crippen LogP contribution in [-0.4, -0.2) is 18.2 Å². The first kappa shape index (κ1) is 10.5. The Hall–Kier alpha value is -1.97. The SMILES string of the molecule is CCc1cc2c(C(=O)O)ccc(OC)c2o1. The number of aromatic carboxylic acids is 1. The van der Waals surface area contributed by atoms with Gasteiger partial charge in [-0.05, 0) is 18.2 Å². The van der Waals surface area contributed by atoms with Crippen molar-refractivity contribution in [3.05, 3.63) is 29.5 Å². The zero-order valence-corrected chi connectivity index (χ0v) is 9.11. The van der Waals surface area contributed by atoms with Crippen molar-refractivity contribution >= 4 is 16.9 Å². The summed E-state index contributed by atoms with van der Waals surface area (Å²) in [4.78, 5) is 11.0. The van der Waals surface area contributed by atoms with Crippen LogP contribution in [0.3, 0.4) is 0 Å². The monoisotopic (exact) mass is 220 g/mol. The van der Waals surface area contributed by atoms with E-state index in [0.717, 1.165) is 12.2 Å². The van der Waals surface area contributed by atoms with Crippen LogP contribution in [-0.2, 0) is 6.42 Å². The topological polar surface area (TPSA) is 59.7 Å². The van der Waals surface area contributed by atoms with Gasteiger partial charge in [-0.25, -0.2) is 4.79 Å². The number of fused-ring (bicyclic) bond motifs is 1. The van der Waals surface area contributed by atoms with Crippen LogP contribution in [0.2, 0.25) is 0 Å². The van der Waals surface area contributed by atoms with Gasteiger partial charge in [0.2, 0.25) is 0 Å². The van der Waals surface area contributed by atoms with Crippen molar-refractivity contribution < 1.29 is 19.1 Å². The minimum Gasteiger partial charge on any atom is -0.493 e. The molecule has 1 aromatic carbocycles. The fourth-order valence-corrected chi connectivity index (χ4v) is 1.67. The van der Waals surface area contributed by atoms with Gasteiger partial charge < -0.3 is 14.3 Å². The van der Waals surface area contributed by atoms with Gasteiger partial charge in [0.05, 0.1) is 12.7 Å². The van der Waals surface area contributed by atoms with Gasteiger partial charge in [-0.15, -0.1) is 0 Å². The fourth-order valence-electron chi connectivity index (χ4n) is 1.67. The number of benzene rings is 1. The predicted molar refractivity (Wildman–Crippen MR) is 59.1 cm³/mol. The molecule has 0 aliphatic carbocycles. The van der Waals surface area contributed by atoms with Crippen LogP contribution in [0.5, 0.6) is 5.75 Å². The van der Waals surface area contributed by atoms with E-state index in [2.05, 4.69) is 0 Å². The van der Waals surface area contributed by atoms with Crippen LogP contribution in [0.15, 0.2) is 22.6 Å². The number of carbonyl (C=O) groups is 1. The van der Waals surface area contributed by atoms with Gasteiger partial charge in [-0.2, -0.15) is 0 Å². The summed E-state index contributed by atoms with van der Waals surface area (Å²) in [7, 11) is 1.53. The second kappa shape index (κ2) is 3.89. The van der Waals surface area contributed by atoms with Gasteiger partial charge in [-0.1, -0.05) is 6.92 Å². The maximum atomic E-state index is 11.0. The molecule has 0 bridgehead atoms. The Balaban J connectivity index is 2.77. The number of hydrogen-bond donors (Lipinski definition) is 1. The molecule has 1 aromatic heterocycles. The highest BCUT2D eigenvalue weighted by Gasteiger charge is 2.15. The molecule has 0 radical (unpaired) electrons. The second-order valence-electron chi connectivity index (χ2n) is 3.43. The van der Waals surface area contributed by atoms with E-state index in [-0.39, 0.29) is 5.56 Å². The number of methoxy groups -OCH3 is 1. The van der Waals surface area contributed by atoms with E-state index in [0.29, 0.717) is 16.7 Å². The predicted octanol–water partition coefficient (Wildman–Crippen LogP) is 2.70. The van der Waals surface area contributed by atoms with Crippen molar-refractivity contribution in [3.8, 4) is 5.75 Å². The number of ether oxygens (including phenoxy) is 1. The number of carboxylic acid groups (broad SMARTS) is 1. The molecule has 84 valence electrons. The van der Waals surface area contributed by atoms with E-state index in [1.165, 1.54) is 13.2 Å². The largest absolute Gasteiger partial charge is 0.493 e. The molecule has 0 aliphatic heterocycles. The van der Waals surface area contributed by atoms with Gasteiger partial charge in [0, 0.05) is 11.8 Å². The number of rotatable bonds is 3. The minimum atomic E-state index is -0.962.